The monoisotopic (exact) mass is 572 g/mol. The summed E-state index contributed by atoms with van der Waals surface area (Å²) in [6.07, 6.45) is 0.648. The van der Waals surface area contributed by atoms with Gasteiger partial charge in [-0.3, -0.25) is 25.5 Å². The van der Waals surface area contributed by atoms with Crippen molar-refractivity contribution in [3.05, 3.63) is 81.1 Å². The number of nitrogens with zero attached hydrogens (tertiary/aromatic N) is 1. The van der Waals surface area contributed by atoms with E-state index in [0.717, 1.165) is 31.8 Å². The van der Waals surface area contributed by atoms with Crippen LogP contribution in [-0.2, 0) is 29.7 Å². The summed E-state index contributed by atoms with van der Waals surface area (Å²) in [6.45, 7) is 0.638. The molecule has 1 saturated heterocycles. The first-order chi connectivity index (χ1) is 19.7. The largest absolute Gasteiger partial charge is 0.480 e. The fourth-order valence-corrected chi connectivity index (χ4v) is 4.35. The van der Waals surface area contributed by atoms with Crippen LogP contribution in [0.2, 0.25) is 0 Å². The van der Waals surface area contributed by atoms with Crippen LogP contribution in [0.1, 0.15) is 27.9 Å². The molecule has 1 aromatic heterocycles. The number of carboxylic acid groups (broad SMARTS) is 1. The maximum Gasteiger partial charge on any atom is 0.408 e. The van der Waals surface area contributed by atoms with Crippen LogP contribution in [0.25, 0.3) is 10.9 Å². The van der Waals surface area contributed by atoms with Crippen LogP contribution in [-0.4, -0.2) is 59.6 Å². The number of benzene rings is 2. The Balaban J connectivity index is 1.45. The van der Waals surface area contributed by atoms with E-state index in [0.29, 0.717) is 5.56 Å². The predicted octanol–water partition coefficient (Wildman–Crippen LogP) is 0.882. The molecule has 0 spiro atoms. The Morgan fingerprint density at radius 1 is 1.17 bits per heavy atom. The molecule has 3 aromatic rings. The molecule has 2 aromatic carbocycles. The highest BCUT2D eigenvalue weighted by Gasteiger charge is 2.25. The smallest absolute Gasteiger partial charge is 0.408 e. The number of carbonyl (C=O) groups is 3. The van der Waals surface area contributed by atoms with Crippen molar-refractivity contribution in [1.82, 2.24) is 31.2 Å². The van der Waals surface area contributed by atoms with Crippen LogP contribution >= 0.6 is 0 Å². The molecule has 1 fully saturated rings. The first kappa shape index (κ1) is 29.6. The fourth-order valence-electron chi connectivity index (χ4n) is 4.35. The van der Waals surface area contributed by atoms with Gasteiger partial charge < -0.3 is 25.0 Å². The van der Waals surface area contributed by atoms with Crippen LogP contribution in [0, 0.1) is 11.6 Å². The average Bonchev–Trinajstić information content (AvgIpc) is 2.96. The van der Waals surface area contributed by atoms with Crippen LogP contribution in [0.5, 0.6) is 0 Å². The number of rotatable bonds is 10. The van der Waals surface area contributed by atoms with Gasteiger partial charge in [-0.2, -0.15) is 0 Å². The quantitative estimate of drug-likeness (QED) is 0.207. The molecule has 0 radical (unpaired) electrons. The molecule has 12 nitrogen and oxygen atoms in total. The van der Waals surface area contributed by atoms with Crippen molar-refractivity contribution in [3.63, 3.8) is 0 Å². The molecular formula is C27H30F2N6O6. The molecule has 1 aliphatic rings. The van der Waals surface area contributed by atoms with Gasteiger partial charge in [-0.05, 0) is 31.1 Å². The van der Waals surface area contributed by atoms with Gasteiger partial charge in [-0.1, -0.05) is 30.3 Å². The number of aliphatic carboxylic acids is 1. The van der Waals surface area contributed by atoms with Gasteiger partial charge in [0, 0.05) is 31.9 Å². The normalized spacial score (nSPS) is 14.4. The maximum atomic E-state index is 15.4. The molecule has 4 rings (SSSR count). The highest BCUT2D eigenvalue weighted by atomic mass is 19.1. The third kappa shape index (κ3) is 7.22. The number of aromatic nitrogens is 1. The van der Waals surface area contributed by atoms with Gasteiger partial charge >= 0.3 is 12.1 Å². The third-order valence-corrected chi connectivity index (χ3v) is 6.50. The number of ether oxygens (including phenoxy) is 1. The van der Waals surface area contributed by atoms with Crippen molar-refractivity contribution in [3.8, 4) is 0 Å². The number of pyridine rings is 1. The number of hydrogen-bond donors (Lipinski definition) is 6. The highest BCUT2D eigenvalue weighted by Crippen LogP contribution is 2.22. The summed E-state index contributed by atoms with van der Waals surface area (Å²) in [5, 5.41) is 22.7. The first-order valence-electron chi connectivity index (χ1n) is 12.8. The molecule has 2 heterocycles. The molecule has 2 amide bonds. The summed E-state index contributed by atoms with van der Waals surface area (Å²) in [5.41, 5.74) is -1.18. The number of alkyl carbamates (subject to hydrolysis) is 1. The lowest BCUT2D eigenvalue weighted by molar-refractivity contribution is -0.139. The minimum Gasteiger partial charge on any atom is -0.480 e. The van der Waals surface area contributed by atoms with Gasteiger partial charge in [0.15, 0.2) is 5.82 Å². The van der Waals surface area contributed by atoms with Crippen molar-refractivity contribution in [2.24, 2.45) is 7.05 Å². The number of aryl methyl sites for hydroxylation is 1. The number of carboxylic acids is 1. The second kappa shape index (κ2) is 13.3. The van der Waals surface area contributed by atoms with E-state index in [1.165, 1.54) is 11.6 Å². The van der Waals surface area contributed by atoms with E-state index >= 15 is 4.39 Å². The van der Waals surface area contributed by atoms with Crippen molar-refractivity contribution in [1.29, 1.82) is 0 Å². The number of halogens is 2. The zero-order chi connectivity index (χ0) is 29.5. The molecule has 0 saturated carbocycles. The van der Waals surface area contributed by atoms with Gasteiger partial charge in [0.2, 0.25) is 5.43 Å². The Morgan fingerprint density at radius 2 is 1.88 bits per heavy atom. The second-order valence-corrected chi connectivity index (χ2v) is 9.41. The molecule has 1 unspecified atom stereocenters. The zero-order valence-electron chi connectivity index (χ0n) is 22.1. The second-order valence-electron chi connectivity index (χ2n) is 9.41. The molecule has 1 aliphatic heterocycles. The number of amides is 2. The van der Waals surface area contributed by atoms with Crippen molar-refractivity contribution in [2.45, 2.75) is 31.9 Å². The minimum atomic E-state index is -1.58. The standard InChI is InChI=1S/C27H30F2N6O6/c1-35-13-18(24(37)32-12-20(25(38)39)34-27(40)41-14-15-6-3-2-4-7-15)23(36)16-10-19(28)17(21(29)22(16)35)11-33-26-30-8-5-9-31-26/h2-4,6-7,10,13,20,26,30-31,33H,5,8-9,11-12,14H2,1H3,(H,32,37)(H,34,40)(H,38,39). The van der Waals surface area contributed by atoms with Gasteiger partial charge in [0.1, 0.15) is 30.3 Å². The summed E-state index contributed by atoms with van der Waals surface area (Å²) in [7, 11) is 1.39. The molecule has 41 heavy (non-hydrogen) atoms. The van der Waals surface area contributed by atoms with Gasteiger partial charge in [0.25, 0.3) is 5.91 Å². The number of fused-ring (bicyclic) bond motifs is 1. The van der Waals surface area contributed by atoms with Crippen molar-refractivity contribution in [2.75, 3.05) is 19.6 Å². The van der Waals surface area contributed by atoms with E-state index in [1.807, 2.05) is 0 Å². The summed E-state index contributed by atoms with van der Waals surface area (Å²) in [5.74, 6) is -4.35. The van der Waals surface area contributed by atoms with E-state index < -0.39 is 53.2 Å². The Labute approximate surface area is 233 Å². The van der Waals surface area contributed by atoms with Gasteiger partial charge in [-0.25, -0.2) is 18.4 Å². The van der Waals surface area contributed by atoms with Crippen LogP contribution in [0.4, 0.5) is 13.6 Å². The summed E-state index contributed by atoms with van der Waals surface area (Å²) in [6, 6.07) is 8.00. The summed E-state index contributed by atoms with van der Waals surface area (Å²) >= 11 is 0. The number of nitrogens with one attached hydrogen (secondary N) is 5. The Bertz CT molecular complexity index is 1490. The average molecular weight is 573 g/mol. The van der Waals surface area contributed by atoms with E-state index in [4.69, 9.17) is 4.74 Å². The van der Waals surface area contributed by atoms with Crippen molar-refractivity contribution >= 4 is 28.9 Å². The molecular weight excluding hydrogens is 542 g/mol. The number of carbonyl (C=O) groups excluding carboxylic acids is 2. The zero-order valence-corrected chi connectivity index (χ0v) is 22.1. The summed E-state index contributed by atoms with van der Waals surface area (Å²) in [4.78, 5) is 49.6. The SMILES string of the molecule is Cn1cc(C(=O)NCC(NC(=O)OCc2ccccc2)C(=O)O)c(=O)c2cc(F)c(CNC3NCCCN3)c(F)c21. The van der Waals surface area contributed by atoms with Crippen LogP contribution in [0.15, 0.2) is 47.4 Å². The Hall–Kier alpha value is -4.40. The summed E-state index contributed by atoms with van der Waals surface area (Å²) < 4.78 is 36.5. The molecule has 14 heteroatoms. The van der Waals surface area contributed by atoms with E-state index in [2.05, 4.69) is 26.6 Å². The van der Waals surface area contributed by atoms with E-state index in [9.17, 15) is 28.7 Å². The lowest BCUT2D eigenvalue weighted by Crippen LogP contribution is -2.56. The van der Waals surface area contributed by atoms with Crippen LogP contribution < -0.4 is 32.0 Å². The molecule has 1 atom stereocenters. The molecule has 6 N–H and O–H groups in total. The highest BCUT2D eigenvalue weighted by molar-refractivity contribution is 5.97. The molecule has 218 valence electrons. The predicted molar refractivity (Wildman–Crippen MR) is 144 cm³/mol. The fraction of sp³-hybridized carbons (Fsp3) is 0.333. The third-order valence-electron chi connectivity index (χ3n) is 6.50. The van der Waals surface area contributed by atoms with E-state index in [-0.39, 0.29) is 35.9 Å². The lowest BCUT2D eigenvalue weighted by atomic mass is 10.1. The molecule has 0 aliphatic carbocycles. The van der Waals surface area contributed by atoms with Gasteiger partial charge in [0.05, 0.1) is 10.9 Å². The minimum absolute atomic E-state index is 0.0994. The Morgan fingerprint density at radius 3 is 2.56 bits per heavy atom. The van der Waals surface area contributed by atoms with Crippen molar-refractivity contribution < 1.29 is 33.0 Å². The lowest BCUT2D eigenvalue weighted by Gasteiger charge is -2.26. The topological polar surface area (TPSA) is 163 Å². The molecule has 0 bridgehead atoms. The first-order valence-corrected chi connectivity index (χ1v) is 12.8. The van der Waals surface area contributed by atoms with Crippen LogP contribution in [0.3, 0.4) is 0 Å². The maximum absolute atomic E-state index is 15.4. The van der Waals surface area contributed by atoms with Gasteiger partial charge in [-0.15, -0.1) is 0 Å². The Kier molecular flexibility index (Phi) is 9.60. The van der Waals surface area contributed by atoms with E-state index in [1.54, 1.807) is 30.3 Å². The number of hydrogen-bond acceptors (Lipinski definition) is 8.